The van der Waals surface area contributed by atoms with Crippen molar-refractivity contribution < 1.29 is 27.4 Å². The zero-order chi connectivity index (χ0) is 17.9. The van der Waals surface area contributed by atoms with E-state index in [0.717, 1.165) is 19.9 Å². The number of likely N-dealkylation sites (tertiary alicyclic amines) is 1. The van der Waals surface area contributed by atoms with Crippen LogP contribution in [0.4, 0.5) is 4.79 Å². The van der Waals surface area contributed by atoms with Crippen LogP contribution in [0.25, 0.3) is 0 Å². The third-order valence-corrected chi connectivity index (χ3v) is 5.48. The molecule has 2 heterocycles. The molecule has 3 amide bonds. The van der Waals surface area contributed by atoms with Gasteiger partial charge in [0.2, 0.25) is 5.91 Å². The van der Waals surface area contributed by atoms with Crippen LogP contribution < -0.4 is 10.6 Å². The zero-order valence-electron chi connectivity index (χ0n) is 13.3. The van der Waals surface area contributed by atoms with Gasteiger partial charge in [-0.2, -0.15) is 12.7 Å². The van der Waals surface area contributed by atoms with Gasteiger partial charge < -0.3 is 20.3 Å². The number of carbonyl (C=O) groups is 3. The van der Waals surface area contributed by atoms with Crippen LogP contribution >= 0.6 is 0 Å². The first-order valence-corrected chi connectivity index (χ1v) is 9.16. The van der Waals surface area contributed by atoms with E-state index in [2.05, 4.69) is 10.6 Å². The van der Waals surface area contributed by atoms with E-state index in [0.29, 0.717) is 23.6 Å². The Labute approximate surface area is 140 Å². The molecule has 0 radical (unpaired) electrons. The summed E-state index contributed by atoms with van der Waals surface area (Å²) < 4.78 is 32.3. The fraction of sp³-hybridized carbons (Fsp3) is 0.769. The molecule has 0 aromatic rings. The lowest BCUT2D eigenvalue weighted by molar-refractivity contribution is -0.122. The van der Waals surface area contributed by atoms with Gasteiger partial charge in [0.25, 0.3) is 0 Å². The van der Waals surface area contributed by atoms with E-state index < -0.39 is 34.5 Å². The van der Waals surface area contributed by atoms with E-state index >= 15 is 0 Å². The monoisotopic (exact) mass is 362 g/mol. The quantitative estimate of drug-likeness (QED) is 0.422. The highest BCUT2D eigenvalue weighted by molar-refractivity contribution is 7.83. The summed E-state index contributed by atoms with van der Waals surface area (Å²) in [5.41, 5.74) is 0. The molecule has 2 saturated heterocycles. The van der Waals surface area contributed by atoms with Gasteiger partial charge in [0.1, 0.15) is 18.4 Å². The normalized spacial score (nSPS) is 28.4. The molecular weight excluding hydrogens is 340 g/mol. The molecule has 0 unspecified atom stereocenters. The number of nitrogens with zero attached hydrogens (tertiary/aromatic N) is 2. The molecule has 2 rings (SSSR count). The second-order valence-corrected chi connectivity index (χ2v) is 7.43. The van der Waals surface area contributed by atoms with Crippen LogP contribution in [0, 0.1) is 0 Å². The second-order valence-electron chi connectivity index (χ2n) is 5.96. The molecule has 136 valence electrons. The van der Waals surface area contributed by atoms with E-state index in [1.54, 1.807) is 0 Å². The van der Waals surface area contributed by atoms with Crippen LogP contribution in [0.5, 0.6) is 0 Å². The maximum atomic E-state index is 12.4. The number of aldehydes is 1. The average Bonchev–Trinajstić information content (AvgIpc) is 2.85. The minimum absolute atomic E-state index is 0.147. The molecule has 24 heavy (non-hydrogen) atoms. The lowest BCUT2D eigenvalue weighted by Crippen LogP contribution is -2.54. The van der Waals surface area contributed by atoms with Crippen molar-refractivity contribution in [3.63, 3.8) is 0 Å². The van der Waals surface area contributed by atoms with Gasteiger partial charge in [-0.05, 0) is 25.7 Å². The largest absolute Gasteiger partial charge is 0.354 e. The average molecular weight is 362 g/mol. The molecular formula is C13H22N4O6S. The molecule has 0 bridgehead atoms. The number of nitrogens with one attached hydrogen (secondary N) is 2. The van der Waals surface area contributed by atoms with E-state index in [1.807, 2.05) is 0 Å². The SMILES string of the molecule is CN([C@@H]1CCN(C(=O)N[C@H]2CCCCNC2=O)[C@@H]1C=O)S(=O)(=O)O. The van der Waals surface area contributed by atoms with Crippen LogP contribution in [-0.4, -0.2) is 78.7 Å². The van der Waals surface area contributed by atoms with Gasteiger partial charge in [-0.3, -0.25) is 9.35 Å². The Morgan fingerprint density at radius 2 is 2.12 bits per heavy atom. The first-order chi connectivity index (χ1) is 11.3. The van der Waals surface area contributed by atoms with Crippen molar-refractivity contribution in [3.8, 4) is 0 Å². The smallest absolute Gasteiger partial charge is 0.335 e. The Bertz CT molecular complexity index is 610. The first-order valence-electron chi connectivity index (χ1n) is 7.76. The Morgan fingerprint density at radius 1 is 1.42 bits per heavy atom. The summed E-state index contributed by atoms with van der Waals surface area (Å²) in [6.07, 6.45) is 2.82. The number of hydrogen-bond donors (Lipinski definition) is 3. The van der Waals surface area contributed by atoms with Crippen LogP contribution in [0.2, 0.25) is 0 Å². The zero-order valence-corrected chi connectivity index (χ0v) is 14.2. The Hall–Kier alpha value is -1.72. The first kappa shape index (κ1) is 18.6. The van der Waals surface area contributed by atoms with Crippen molar-refractivity contribution in [2.75, 3.05) is 20.1 Å². The number of rotatable bonds is 4. The predicted octanol–water partition coefficient (Wildman–Crippen LogP) is -1.26. The lowest BCUT2D eigenvalue weighted by Gasteiger charge is -2.28. The van der Waals surface area contributed by atoms with Crippen molar-refractivity contribution in [1.29, 1.82) is 0 Å². The van der Waals surface area contributed by atoms with Gasteiger partial charge in [0, 0.05) is 20.1 Å². The van der Waals surface area contributed by atoms with Crippen molar-refractivity contribution >= 4 is 28.5 Å². The minimum atomic E-state index is -4.47. The van der Waals surface area contributed by atoms with Crippen LogP contribution in [0.1, 0.15) is 25.7 Å². The fourth-order valence-corrected chi connectivity index (χ4v) is 3.65. The molecule has 0 aromatic heterocycles. The van der Waals surface area contributed by atoms with Gasteiger partial charge in [0.05, 0.1) is 6.04 Å². The summed E-state index contributed by atoms with van der Waals surface area (Å²) in [5.74, 6) is -0.269. The number of amides is 3. The lowest BCUT2D eigenvalue weighted by atomic mass is 10.1. The third-order valence-electron chi connectivity index (χ3n) is 4.48. The molecule has 3 atom stereocenters. The maximum Gasteiger partial charge on any atom is 0.335 e. The van der Waals surface area contributed by atoms with Crippen LogP contribution in [-0.2, 0) is 19.9 Å². The molecule has 0 aromatic carbocycles. The number of hydrogen-bond acceptors (Lipinski definition) is 5. The molecule has 11 heteroatoms. The Morgan fingerprint density at radius 3 is 2.75 bits per heavy atom. The topological polar surface area (TPSA) is 136 Å². The summed E-state index contributed by atoms with van der Waals surface area (Å²) >= 11 is 0. The summed E-state index contributed by atoms with van der Waals surface area (Å²) in [4.78, 5) is 36.9. The van der Waals surface area contributed by atoms with Crippen molar-refractivity contribution in [1.82, 2.24) is 19.8 Å². The highest BCUT2D eigenvalue weighted by Crippen LogP contribution is 2.23. The van der Waals surface area contributed by atoms with E-state index in [4.69, 9.17) is 4.55 Å². The predicted molar refractivity (Wildman–Crippen MR) is 83.5 cm³/mol. The molecule has 2 aliphatic rings. The summed E-state index contributed by atoms with van der Waals surface area (Å²) in [6.45, 7) is 0.710. The Kier molecular flexibility index (Phi) is 5.78. The van der Waals surface area contributed by atoms with E-state index in [-0.39, 0.29) is 18.9 Å². The molecule has 0 aliphatic carbocycles. The summed E-state index contributed by atoms with van der Waals surface area (Å²) in [6, 6.07) is -3.14. The van der Waals surface area contributed by atoms with Gasteiger partial charge in [-0.15, -0.1) is 0 Å². The van der Waals surface area contributed by atoms with Crippen molar-refractivity contribution in [2.45, 2.75) is 43.8 Å². The summed E-state index contributed by atoms with van der Waals surface area (Å²) in [5, 5.41) is 5.30. The molecule has 3 N–H and O–H groups in total. The van der Waals surface area contributed by atoms with Gasteiger partial charge in [-0.25, -0.2) is 4.79 Å². The highest BCUT2D eigenvalue weighted by Gasteiger charge is 2.42. The molecule has 10 nitrogen and oxygen atoms in total. The van der Waals surface area contributed by atoms with Gasteiger partial charge >= 0.3 is 16.3 Å². The molecule has 0 spiro atoms. The fourth-order valence-electron chi connectivity index (χ4n) is 3.08. The van der Waals surface area contributed by atoms with Gasteiger partial charge in [0.15, 0.2) is 0 Å². The van der Waals surface area contributed by atoms with Crippen molar-refractivity contribution in [2.24, 2.45) is 0 Å². The Balaban J connectivity index is 2.06. The highest BCUT2D eigenvalue weighted by atomic mass is 32.2. The second kappa shape index (κ2) is 7.45. The van der Waals surface area contributed by atoms with E-state index in [9.17, 15) is 22.8 Å². The number of carbonyl (C=O) groups excluding carboxylic acids is 3. The number of likely N-dealkylation sites (N-methyl/N-ethyl adjacent to an activating group) is 1. The molecule has 0 saturated carbocycles. The molecule has 2 aliphatic heterocycles. The van der Waals surface area contributed by atoms with E-state index in [1.165, 1.54) is 4.90 Å². The van der Waals surface area contributed by atoms with Crippen LogP contribution in [0.3, 0.4) is 0 Å². The van der Waals surface area contributed by atoms with Crippen molar-refractivity contribution in [3.05, 3.63) is 0 Å². The minimum Gasteiger partial charge on any atom is -0.354 e. The molecule has 2 fully saturated rings. The maximum absolute atomic E-state index is 12.4. The number of urea groups is 1. The summed E-state index contributed by atoms with van der Waals surface area (Å²) in [7, 11) is -3.32. The standard InChI is InChI=1S/C13H22N4O6S/c1-16(24(21,22)23)10-5-7-17(11(10)8-18)13(20)15-9-4-2-3-6-14-12(9)19/h8-11H,2-7H2,1H3,(H,14,19)(H,15,20)(H,21,22,23)/t9-,10+,11+/m0/s1. The van der Waals surface area contributed by atoms with Gasteiger partial charge in [-0.1, -0.05) is 0 Å². The van der Waals surface area contributed by atoms with Crippen LogP contribution in [0.15, 0.2) is 0 Å². The third kappa shape index (κ3) is 4.02.